The Morgan fingerprint density at radius 3 is 2.76 bits per heavy atom. The molecule has 1 aliphatic carbocycles. The van der Waals surface area contributed by atoms with Crippen LogP contribution in [0.25, 0.3) is 0 Å². The van der Waals surface area contributed by atoms with E-state index in [1.54, 1.807) is 0 Å². The van der Waals surface area contributed by atoms with E-state index in [-0.39, 0.29) is 11.6 Å². The molecule has 1 heterocycles. The van der Waals surface area contributed by atoms with Crippen LogP contribution in [-0.4, -0.2) is 42.2 Å². The van der Waals surface area contributed by atoms with Gasteiger partial charge in [-0.3, -0.25) is 4.90 Å². The number of carbonyl (C=O) groups is 1. The lowest BCUT2D eigenvalue weighted by Crippen LogP contribution is -2.50. The summed E-state index contributed by atoms with van der Waals surface area (Å²) in [7, 11) is 0. The molecule has 1 saturated carbocycles. The van der Waals surface area contributed by atoms with Gasteiger partial charge in [0, 0.05) is 17.8 Å². The van der Waals surface area contributed by atoms with E-state index in [9.17, 15) is 4.79 Å². The number of likely N-dealkylation sites (tertiary alicyclic amines) is 1. The standard InChI is InChI=1S/C20H31N3O2/c1-3-4-13-23-14-5-12-20(23,2)15-21-19(24)22-16-6-8-17(9-7-16)25-18-10-11-18/h6-9,18H,3-5,10-15H2,1-2H3,(H2,21,22,24). The Bertz CT molecular complexity index is 571. The molecule has 1 saturated heterocycles. The topological polar surface area (TPSA) is 53.6 Å². The van der Waals surface area contributed by atoms with Crippen molar-refractivity contribution in [1.29, 1.82) is 0 Å². The van der Waals surface area contributed by atoms with Crippen molar-refractivity contribution in [2.45, 2.75) is 64.0 Å². The smallest absolute Gasteiger partial charge is 0.319 e. The Morgan fingerprint density at radius 2 is 2.08 bits per heavy atom. The second-order valence-electron chi connectivity index (χ2n) is 7.59. The highest BCUT2D eigenvalue weighted by molar-refractivity contribution is 5.89. The van der Waals surface area contributed by atoms with Gasteiger partial charge in [0.25, 0.3) is 0 Å². The van der Waals surface area contributed by atoms with Gasteiger partial charge >= 0.3 is 6.03 Å². The predicted octanol–water partition coefficient (Wildman–Crippen LogP) is 4.00. The van der Waals surface area contributed by atoms with Crippen LogP contribution in [0.15, 0.2) is 24.3 Å². The molecular weight excluding hydrogens is 314 g/mol. The van der Waals surface area contributed by atoms with Gasteiger partial charge in [-0.25, -0.2) is 4.79 Å². The molecule has 2 N–H and O–H groups in total. The molecule has 1 aromatic rings. The van der Waals surface area contributed by atoms with Gasteiger partial charge in [0.15, 0.2) is 0 Å². The maximum absolute atomic E-state index is 12.2. The number of amides is 2. The van der Waals surface area contributed by atoms with Gasteiger partial charge in [-0.05, 0) is 76.4 Å². The zero-order valence-corrected chi connectivity index (χ0v) is 15.5. The van der Waals surface area contributed by atoms with Gasteiger partial charge < -0.3 is 15.4 Å². The average molecular weight is 345 g/mol. The lowest BCUT2D eigenvalue weighted by Gasteiger charge is -2.35. The number of hydrogen-bond acceptors (Lipinski definition) is 3. The third-order valence-electron chi connectivity index (χ3n) is 5.26. The second kappa shape index (κ2) is 8.09. The summed E-state index contributed by atoms with van der Waals surface area (Å²) in [5.41, 5.74) is 0.870. The third kappa shape index (κ3) is 5.11. The lowest BCUT2D eigenvalue weighted by atomic mass is 9.98. The lowest BCUT2D eigenvalue weighted by molar-refractivity contribution is 0.152. The van der Waals surface area contributed by atoms with E-state index in [0.717, 1.165) is 43.8 Å². The molecule has 5 heteroatoms. The van der Waals surface area contributed by atoms with Crippen LogP contribution in [0.1, 0.15) is 52.4 Å². The first kappa shape index (κ1) is 18.1. The number of nitrogens with one attached hydrogen (secondary N) is 2. The number of benzene rings is 1. The molecule has 5 nitrogen and oxygen atoms in total. The monoisotopic (exact) mass is 345 g/mol. The summed E-state index contributed by atoms with van der Waals surface area (Å²) in [6.07, 6.45) is 7.48. The van der Waals surface area contributed by atoms with Gasteiger partial charge in [0.1, 0.15) is 5.75 Å². The minimum atomic E-state index is -0.139. The summed E-state index contributed by atoms with van der Waals surface area (Å²) in [6, 6.07) is 7.47. The van der Waals surface area contributed by atoms with Gasteiger partial charge in [-0.15, -0.1) is 0 Å². The van der Waals surface area contributed by atoms with Crippen molar-refractivity contribution >= 4 is 11.7 Å². The Morgan fingerprint density at radius 1 is 1.32 bits per heavy atom. The van der Waals surface area contributed by atoms with E-state index in [4.69, 9.17) is 4.74 Å². The Labute approximate surface area is 151 Å². The van der Waals surface area contributed by atoms with Crippen LogP contribution in [-0.2, 0) is 0 Å². The van der Waals surface area contributed by atoms with Crippen LogP contribution in [0.5, 0.6) is 5.75 Å². The van der Waals surface area contributed by atoms with E-state index < -0.39 is 0 Å². The van der Waals surface area contributed by atoms with Gasteiger partial charge in [-0.2, -0.15) is 0 Å². The van der Waals surface area contributed by atoms with E-state index >= 15 is 0 Å². The molecule has 138 valence electrons. The summed E-state index contributed by atoms with van der Waals surface area (Å²) < 4.78 is 5.72. The van der Waals surface area contributed by atoms with Crippen molar-refractivity contribution in [2.24, 2.45) is 0 Å². The fourth-order valence-electron chi connectivity index (χ4n) is 3.45. The Balaban J connectivity index is 1.45. The number of urea groups is 1. The van der Waals surface area contributed by atoms with E-state index in [0.29, 0.717) is 12.6 Å². The SMILES string of the molecule is CCCCN1CCCC1(C)CNC(=O)Nc1ccc(OC2CC2)cc1. The molecule has 1 unspecified atom stereocenters. The highest BCUT2D eigenvalue weighted by atomic mass is 16.5. The molecule has 0 aromatic heterocycles. The number of carbonyl (C=O) groups excluding carboxylic acids is 1. The molecule has 3 rings (SSSR count). The number of unbranched alkanes of at least 4 members (excludes halogenated alkanes) is 1. The van der Waals surface area contributed by atoms with Crippen LogP contribution in [0.3, 0.4) is 0 Å². The van der Waals surface area contributed by atoms with Crippen LogP contribution in [0.2, 0.25) is 0 Å². The minimum Gasteiger partial charge on any atom is -0.490 e. The summed E-state index contributed by atoms with van der Waals surface area (Å²) in [4.78, 5) is 14.8. The van der Waals surface area contributed by atoms with Crippen LogP contribution in [0, 0.1) is 0 Å². The molecule has 0 spiro atoms. The highest BCUT2D eigenvalue weighted by Crippen LogP contribution is 2.29. The van der Waals surface area contributed by atoms with Crippen molar-refractivity contribution in [3.05, 3.63) is 24.3 Å². The molecular formula is C20H31N3O2. The molecule has 1 aromatic carbocycles. The fourth-order valence-corrected chi connectivity index (χ4v) is 3.45. The van der Waals surface area contributed by atoms with Crippen molar-refractivity contribution < 1.29 is 9.53 Å². The minimum absolute atomic E-state index is 0.0778. The van der Waals surface area contributed by atoms with Crippen molar-refractivity contribution in [3.63, 3.8) is 0 Å². The fraction of sp³-hybridized carbons (Fsp3) is 0.650. The molecule has 0 radical (unpaired) electrons. The largest absolute Gasteiger partial charge is 0.490 e. The maximum atomic E-state index is 12.2. The van der Waals surface area contributed by atoms with Gasteiger partial charge in [0.05, 0.1) is 6.10 Å². The number of hydrogen-bond donors (Lipinski definition) is 2. The highest BCUT2D eigenvalue weighted by Gasteiger charge is 2.36. The summed E-state index contributed by atoms with van der Waals surface area (Å²) in [5.74, 6) is 0.874. The first-order valence-corrected chi connectivity index (χ1v) is 9.66. The number of rotatable bonds is 8. The first-order valence-electron chi connectivity index (χ1n) is 9.66. The first-order chi connectivity index (χ1) is 12.1. The molecule has 2 fully saturated rings. The summed E-state index contributed by atoms with van der Waals surface area (Å²) in [5, 5.41) is 5.97. The Hall–Kier alpha value is -1.75. The molecule has 1 aliphatic heterocycles. The van der Waals surface area contributed by atoms with Crippen LogP contribution >= 0.6 is 0 Å². The van der Waals surface area contributed by atoms with Crippen molar-refractivity contribution in [2.75, 3.05) is 25.0 Å². The van der Waals surface area contributed by atoms with Crippen molar-refractivity contribution in [3.8, 4) is 5.75 Å². The van der Waals surface area contributed by atoms with Crippen LogP contribution in [0.4, 0.5) is 10.5 Å². The number of nitrogens with zero attached hydrogens (tertiary/aromatic N) is 1. The zero-order valence-electron chi connectivity index (χ0n) is 15.5. The number of ether oxygens (including phenoxy) is 1. The molecule has 2 amide bonds. The average Bonchev–Trinajstić information content (AvgIpc) is 3.34. The molecule has 25 heavy (non-hydrogen) atoms. The van der Waals surface area contributed by atoms with Crippen LogP contribution < -0.4 is 15.4 Å². The molecule has 2 aliphatic rings. The van der Waals surface area contributed by atoms with E-state index in [1.165, 1.54) is 19.3 Å². The van der Waals surface area contributed by atoms with Crippen molar-refractivity contribution in [1.82, 2.24) is 10.2 Å². The summed E-state index contributed by atoms with van der Waals surface area (Å²) in [6.45, 7) is 7.44. The third-order valence-corrected chi connectivity index (χ3v) is 5.26. The second-order valence-corrected chi connectivity index (χ2v) is 7.59. The van der Waals surface area contributed by atoms with Gasteiger partial charge in [-0.1, -0.05) is 13.3 Å². The molecule has 0 bridgehead atoms. The summed E-state index contributed by atoms with van der Waals surface area (Å²) >= 11 is 0. The maximum Gasteiger partial charge on any atom is 0.319 e. The van der Waals surface area contributed by atoms with Gasteiger partial charge in [0.2, 0.25) is 0 Å². The predicted molar refractivity (Wildman–Crippen MR) is 101 cm³/mol. The zero-order chi connectivity index (χ0) is 17.7. The van der Waals surface area contributed by atoms with E-state index in [1.807, 2.05) is 24.3 Å². The quantitative estimate of drug-likeness (QED) is 0.749. The Kier molecular flexibility index (Phi) is 5.84. The normalized spacial score (nSPS) is 23.4. The van der Waals surface area contributed by atoms with E-state index in [2.05, 4.69) is 29.4 Å². The molecule has 1 atom stereocenters. The number of anilines is 1.